The van der Waals surface area contributed by atoms with Gasteiger partial charge in [-0.3, -0.25) is 13.9 Å². The lowest BCUT2D eigenvalue weighted by Crippen LogP contribution is -2.53. The van der Waals surface area contributed by atoms with Crippen molar-refractivity contribution < 1.29 is 18.0 Å². The summed E-state index contributed by atoms with van der Waals surface area (Å²) >= 11 is 9.68. The molecule has 0 saturated carbocycles. The van der Waals surface area contributed by atoms with Gasteiger partial charge in [0.05, 0.1) is 10.6 Å². The van der Waals surface area contributed by atoms with E-state index in [-0.39, 0.29) is 29.5 Å². The topological polar surface area (TPSA) is 86.8 Å². The molecule has 42 heavy (non-hydrogen) atoms. The highest BCUT2D eigenvalue weighted by atomic mass is 79.9. The Labute approximate surface area is 260 Å². The Morgan fingerprint density at radius 2 is 1.55 bits per heavy atom. The first-order chi connectivity index (χ1) is 20.1. The molecule has 0 aliphatic carbocycles. The summed E-state index contributed by atoms with van der Waals surface area (Å²) in [6, 6.07) is 28.7. The van der Waals surface area contributed by atoms with E-state index in [9.17, 15) is 18.0 Å². The van der Waals surface area contributed by atoms with E-state index in [4.69, 9.17) is 11.6 Å². The first-order valence-electron chi connectivity index (χ1n) is 13.2. The number of carbonyl (C=O) groups is 2. The van der Waals surface area contributed by atoms with Gasteiger partial charge >= 0.3 is 0 Å². The summed E-state index contributed by atoms with van der Waals surface area (Å²) in [5, 5.41) is 3.00. The fraction of sp³-hybridized carbons (Fsp3) is 0.188. The number of likely N-dealkylation sites (N-methyl/N-ethyl adjacent to an activating group) is 1. The van der Waals surface area contributed by atoms with Gasteiger partial charge in [-0.15, -0.1) is 0 Å². The molecule has 0 spiro atoms. The first kappa shape index (κ1) is 31.3. The van der Waals surface area contributed by atoms with Crippen molar-refractivity contribution >= 4 is 55.1 Å². The minimum absolute atomic E-state index is 0.0347. The summed E-state index contributed by atoms with van der Waals surface area (Å²) in [4.78, 5) is 29.0. The van der Waals surface area contributed by atoms with E-state index in [0.29, 0.717) is 5.02 Å². The van der Waals surface area contributed by atoms with E-state index in [1.54, 1.807) is 30.3 Å². The smallest absolute Gasteiger partial charge is 0.264 e. The Morgan fingerprint density at radius 1 is 0.881 bits per heavy atom. The summed E-state index contributed by atoms with van der Waals surface area (Å²) < 4.78 is 29.9. The van der Waals surface area contributed by atoms with Gasteiger partial charge in [0.2, 0.25) is 11.8 Å². The van der Waals surface area contributed by atoms with Gasteiger partial charge in [-0.05, 0) is 60.5 Å². The molecule has 4 aromatic carbocycles. The third-order valence-electron chi connectivity index (χ3n) is 6.77. The fourth-order valence-electron chi connectivity index (χ4n) is 4.50. The second kappa shape index (κ2) is 14.0. The van der Waals surface area contributed by atoms with Crippen LogP contribution < -0.4 is 9.62 Å². The maximum absolute atomic E-state index is 14.3. The monoisotopic (exact) mass is 667 g/mol. The summed E-state index contributed by atoms with van der Waals surface area (Å²) in [7, 11) is -2.67. The largest absolute Gasteiger partial charge is 0.357 e. The third-order valence-corrected chi connectivity index (χ3v) is 9.32. The number of amides is 2. The molecule has 0 radical (unpaired) electrons. The Hall–Kier alpha value is -3.66. The Kier molecular flexibility index (Phi) is 10.4. The molecule has 1 N–H and O–H groups in total. The molecule has 1 atom stereocenters. The number of carbonyl (C=O) groups excluding carboxylic acids is 2. The van der Waals surface area contributed by atoms with Gasteiger partial charge in [0.25, 0.3) is 10.0 Å². The molecule has 0 fully saturated rings. The van der Waals surface area contributed by atoms with Crippen molar-refractivity contribution in [2.75, 3.05) is 17.9 Å². The molecule has 0 aromatic heterocycles. The van der Waals surface area contributed by atoms with Gasteiger partial charge in [0, 0.05) is 29.5 Å². The number of anilines is 1. The molecule has 2 amide bonds. The minimum Gasteiger partial charge on any atom is -0.357 e. The number of halogens is 2. The highest BCUT2D eigenvalue weighted by Gasteiger charge is 2.34. The lowest BCUT2D eigenvalue weighted by atomic mass is 10.0. The summed E-state index contributed by atoms with van der Waals surface area (Å²) in [5.41, 5.74) is 2.77. The van der Waals surface area contributed by atoms with Crippen LogP contribution in [-0.2, 0) is 32.6 Å². The molecule has 0 heterocycles. The predicted molar refractivity (Wildman–Crippen MR) is 170 cm³/mol. The van der Waals surface area contributed by atoms with Crippen molar-refractivity contribution in [2.24, 2.45) is 0 Å². The van der Waals surface area contributed by atoms with Crippen LogP contribution in [0.2, 0.25) is 5.02 Å². The average Bonchev–Trinajstić information content (AvgIpc) is 2.98. The van der Waals surface area contributed by atoms with Gasteiger partial charge in [-0.2, -0.15) is 0 Å². The molecule has 0 unspecified atom stereocenters. The number of sulfonamides is 1. The second-order valence-electron chi connectivity index (χ2n) is 9.77. The van der Waals surface area contributed by atoms with Crippen molar-refractivity contribution in [1.82, 2.24) is 10.2 Å². The summed E-state index contributed by atoms with van der Waals surface area (Å²) in [5.74, 6) is -0.905. The molecule has 0 aliphatic heterocycles. The number of aryl methyl sites for hydroxylation is 1. The maximum atomic E-state index is 14.3. The van der Waals surface area contributed by atoms with E-state index in [1.807, 2.05) is 61.5 Å². The zero-order valence-electron chi connectivity index (χ0n) is 23.2. The van der Waals surface area contributed by atoms with Crippen LogP contribution in [0.25, 0.3) is 0 Å². The highest BCUT2D eigenvalue weighted by Crippen LogP contribution is 2.27. The highest BCUT2D eigenvalue weighted by molar-refractivity contribution is 9.10. The molecule has 0 bridgehead atoms. The zero-order valence-corrected chi connectivity index (χ0v) is 26.4. The van der Waals surface area contributed by atoms with Gasteiger partial charge < -0.3 is 10.2 Å². The van der Waals surface area contributed by atoms with Crippen LogP contribution in [-0.4, -0.2) is 44.8 Å². The van der Waals surface area contributed by atoms with Crippen LogP contribution in [0.15, 0.2) is 112 Å². The van der Waals surface area contributed by atoms with E-state index < -0.39 is 28.5 Å². The second-order valence-corrected chi connectivity index (χ2v) is 13.0. The van der Waals surface area contributed by atoms with Crippen molar-refractivity contribution in [2.45, 2.75) is 30.8 Å². The maximum Gasteiger partial charge on any atom is 0.264 e. The lowest BCUT2D eigenvalue weighted by Gasteiger charge is -2.33. The van der Waals surface area contributed by atoms with Gasteiger partial charge in [-0.1, -0.05) is 93.8 Å². The number of hydrogen-bond acceptors (Lipinski definition) is 4. The van der Waals surface area contributed by atoms with Crippen LogP contribution in [0.4, 0.5) is 5.69 Å². The lowest BCUT2D eigenvalue weighted by molar-refractivity contribution is -0.139. The van der Waals surface area contributed by atoms with E-state index in [0.717, 1.165) is 25.5 Å². The van der Waals surface area contributed by atoms with E-state index >= 15 is 0 Å². The van der Waals surface area contributed by atoms with Crippen LogP contribution in [0.1, 0.15) is 16.7 Å². The first-order valence-corrected chi connectivity index (χ1v) is 15.8. The summed E-state index contributed by atoms with van der Waals surface area (Å²) in [6.45, 7) is 1.40. The van der Waals surface area contributed by atoms with Crippen LogP contribution in [0, 0.1) is 6.92 Å². The van der Waals surface area contributed by atoms with Gasteiger partial charge in [0.15, 0.2) is 0 Å². The van der Waals surface area contributed by atoms with Crippen molar-refractivity contribution in [3.63, 3.8) is 0 Å². The number of nitrogens with one attached hydrogen (secondary N) is 1. The predicted octanol–water partition coefficient (Wildman–Crippen LogP) is 5.99. The van der Waals surface area contributed by atoms with Crippen LogP contribution in [0.3, 0.4) is 0 Å². The van der Waals surface area contributed by atoms with Gasteiger partial charge in [0.1, 0.15) is 12.6 Å². The number of hydrogen-bond donors (Lipinski definition) is 1. The Balaban J connectivity index is 1.78. The molecule has 218 valence electrons. The van der Waals surface area contributed by atoms with Gasteiger partial charge in [-0.25, -0.2) is 8.42 Å². The molecular weight excluding hydrogens is 638 g/mol. The fourth-order valence-corrected chi connectivity index (χ4v) is 6.36. The summed E-state index contributed by atoms with van der Waals surface area (Å²) in [6.07, 6.45) is 0.241. The third kappa shape index (κ3) is 7.79. The normalized spacial score (nSPS) is 11.9. The standard InChI is InChI=1S/C32H31BrClN3O4S/c1-23-11-17-29(18-12-23)42(40,41)37(28-10-6-9-27(34)20-28)22-31(38)36(21-25-13-15-26(33)16-14-25)30(32(39)35-2)19-24-7-4-3-5-8-24/h3-18,20,30H,19,21-22H2,1-2H3,(H,35,39)/t30-/m0/s1. The van der Waals surface area contributed by atoms with Crippen molar-refractivity contribution in [3.05, 3.63) is 129 Å². The van der Waals surface area contributed by atoms with Crippen molar-refractivity contribution in [1.29, 1.82) is 0 Å². The minimum atomic E-state index is -4.18. The van der Waals surface area contributed by atoms with Crippen LogP contribution >= 0.6 is 27.5 Å². The Morgan fingerprint density at radius 3 is 2.17 bits per heavy atom. The molecule has 10 heteroatoms. The van der Waals surface area contributed by atoms with Crippen molar-refractivity contribution in [3.8, 4) is 0 Å². The molecule has 0 aliphatic rings. The number of benzene rings is 4. The van der Waals surface area contributed by atoms with E-state index in [2.05, 4.69) is 21.2 Å². The number of rotatable bonds is 11. The molecule has 7 nitrogen and oxygen atoms in total. The average molecular weight is 669 g/mol. The zero-order chi connectivity index (χ0) is 30.3. The molecule has 0 saturated heterocycles. The molecular formula is C32H31BrClN3O4S. The van der Waals surface area contributed by atoms with Crippen LogP contribution in [0.5, 0.6) is 0 Å². The molecule has 4 aromatic rings. The quantitative estimate of drug-likeness (QED) is 0.213. The Bertz CT molecular complexity index is 1630. The molecule has 4 rings (SSSR count). The SMILES string of the molecule is CNC(=O)[C@H](Cc1ccccc1)N(Cc1ccc(Br)cc1)C(=O)CN(c1cccc(Cl)c1)S(=O)(=O)c1ccc(C)cc1. The van der Waals surface area contributed by atoms with E-state index in [1.165, 1.54) is 30.1 Å². The number of nitrogens with zero attached hydrogens (tertiary/aromatic N) is 2.